The Bertz CT molecular complexity index is 1030. The summed E-state index contributed by atoms with van der Waals surface area (Å²) in [6.07, 6.45) is 3.65. The third kappa shape index (κ3) is 4.30. The van der Waals surface area contributed by atoms with E-state index in [9.17, 15) is 9.59 Å². The van der Waals surface area contributed by atoms with Crippen LogP contribution in [0.15, 0.2) is 53.2 Å². The molecule has 0 aliphatic carbocycles. The lowest BCUT2D eigenvalue weighted by Crippen LogP contribution is -2.46. The van der Waals surface area contributed by atoms with Crippen LogP contribution in [0, 0.1) is 6.92 Å². The fourth-order valence-corrected chi connectivity index (χ4v) is 3.95. The largest absolute Gasteiger partial charge is 0.361 e. The molecule has 7 heteroatoms. The fourth-order valence-electron chi connectivity index (χ4n) is 3.95. The second kappa shape index (κ2) is 8.57. The maximum absolute atomic E-state index is 12.7. The van der Waals surface area contributed by atoms with Crippen molar-refractivity contribution in [3.05, 3.63) is 65.7 Å². The van der Waals surface area contributed by atoms with E-state index in [1.54, 1.807) is 11.0 Å². The first-order valence-electron chi connectivity index (χ1n) is 10.2. The molecule has 156 valence electrons. The summed E-state index contributed by atoms with van der Waals surface area (Å²) in [4.78, 5) is 27.0. The van der Waals surface area contributed by atoms with E-state index in [0.29, 0.717) is 25.3 Å². The Labute approximate surface area is 175 Å². The molecule has 1 aromatic carbocycles. The molecule has 0 radical (unpaired) electrons. The number of amides is 2. The van der Waals surface area contributed by atoms with Gasteiger partial charge in [0.25, 0.3) is 0 Å². The van der Waals surface area contributed by atoms with E-state index >= 15 is 0 Å². The van der Waals surface area contributed by atoms with Crippen LogP contribution in [0.1, 0.15) is 29.9 Å². The van der Waals surface area contributed by atoms with Gasteiger partial charge in [0.1, 0.15) is 11.8 Å². The molecule has 0 spiro atoms. The molecule has 1 aliphatic heterocycles. The van der Waals surface area contributed by atoms with Crippen molar-refractivity contribution in [1.29, 1.82) is 0 Å². The minimum absolute atomic E-state index is 0.101. The highest BCUT2D eigenvalue weighted by molar-refractivity contribution is 5.88. The minimum atomic E-state index is -0.427. The van der Waals surface area contributed by atoms with Crippen LogP contribution in [0.4, 0.5) is 0 Å². The van der Waals surface area contributed by atoms with E-state index in [-0.39, 0.29) is 18.2 Å². The van der Waals surface area contributed by atoms with Crippen molar-refractivity contribution in [2.75, 3.05) is 6.54 Å². The Kier molecular flexibility index (Phi) is 5.70. The van der Waals surface area contributed by atoms with Gasteiger partial charge < -0.3 is 19.3 Å². The Morgan fingerprint density at radius 2 is 2.03 bits per heavy atom. The minimum Gasteiger partial charge on any atom is -0.361 e. The van der Waals surface area contributed by atoms with Gasteiger partial charge in [0.05, 0.1) is 12.1 Å². The number of nitrogens with one attached hydrogen (secondary N) is 1. The average Bonchev–Trinajstić information content (AvgIpc) is 3.48. The zero-order valence-electron chi connectivity index (χ0n) is 17.3. The fraction of sp³-hybridized carbons (Fsp3) is 0.348. The highest BCUT2D eigenvalue weighted by Gasteiger charge is 2.34. The van der Waals surface area contributed by atoms with E-state index < -0.39 is 6.04 Å². The molecular weight excluding hydrogens is 380 g/mol. The zero-order chi connectivity index (χ0) is 21.1. The highest BCUT2D eigenvalue weighted by atomic mass is 16.5. The van der Waals surface area contributed by atoms with E-state index in [1.165, 1.54) is 0 Å². The summed E-state index contributed by atoms with van der Waals surface area (Å²) in [7, 11) is 2.02. The number of hydrogen-bond acceptors (Lipinski definition) is 4. The summed E-state index contributed by atoms with van der Waals surface area (Å²) in [5, 5.41) is 6.80. The van der Waals surface area contributed by atoms with Gasteiger partial charge in [-0.1, -0.05) is 29.4 Å². The zero-order valence-corrected chi connectivity index (χ0v) is 17.3. The lowest BCUT2D eigenvalue weighted by molar-refractivity contribution is -0.138. The number of rotatable bonds is 6. The molecule has 0 saturated carbocycles. The number of likely N-dealkylation sites (tertiary alicyclic amines) is 1. The molecule has 30 heavy (non-hydrogen) atoms. The second-order valence-electron chi connectivity index (χ2n) is 7.78. The molecule has 1 unspecified atom stereocenters. The molecule has 1 N–H and O–H groups in total. The summed E-state index contributed by atoms with van der Waals surface area (Å²) >= 11 is 0. The van der Waals surface area contributed by atoms with E-state index in [4.69, 9.17) is 4.52 Å². The number of hydrogen-bond donors (Lipinski definition) is 1. The maximum atomic E-state index is 12.7. The smallest absolute Gasteiger partial charge is 0.243 e. The van der Waals surface area contributed by atoms with Gasteiger partial charge >= 0.3 is 0 Å². The molecule has 1 aliphatic rings. The standard InChI is InChI=1S/C23H26N4O3/c1-16-13-19(30-25-16)14-22(28)27-12-4-6-21(27)23(29)24-15-17-7-9-18(10-8-17)20-5-3-11-26(20)2/h3,5,7-11,13,21H,4,6,12,14-15H2,1-2H3,(H,24,29). The Morgan fingerprint density at radius 3 is 2.70 bits per heavy atom. The van der Waals surface area contributed by atoms with Crippen molar-refractivity contribution in [3.8, 4) is 11.3 Å². The molecule has 2 amide bonds. The monoisotopic (exact) mass is 406 g/mol. The molecule has 1 fully saturated rings. The topological polar surface area (TPSA) is 80.4 Å². The van der Waals surface area contributed by atoms with Crippen molar-refractivity contribution < 1.29 is 14.1 Å². The third-order valence-corrected chi connectivity index (χ3v) is 5.54. The third-order valence-electron chi connectivity index (χ3n) is 5.54. The van der Waals surface area contributed by atoms with Gasteiger partial charge in [-0.15, -0.1) is 0 Å². The van der Waals surface area contributed by atoms with Gasteiger partial charge in [-0.2, -0.15) is 0 Å². The first kappa shape index (κ1) is 19.9. The first-order chi connectivity index (χ1) is 14.5. The van der Waals surface area contributed by atoms with Crippen LogP contribution < -0.4 is 5.32 Å². The van der Waals surface area contributed by atoms with Gasteiger partial charge in [-0.25, -0.2) is 0 Å². The molecule has 3 heterocycles. The van der Waals surface area contributed by atoms with Crippen LogP contribution in [0.25, 0.3) is 11.3 Å². The van der Waals surface area contributed by atoms with E-state index in [0.717, 1.165) is 28.9 Å². The number of aryl methyl sites for hydroxylation is 2. The number of nitrogens with zero attached hydrogens (tertiary/aromatic N) is 3. The van der Waals surface area contributed by atoms with Crippen LogP contribution in [0.3, 0.4) is 0 Å². The summed E-state index contributed by atoms with van der Waals surface area (Å²) < 4.78 is 7.21. The van der Waals surface area contributed by atoms with Gasteiger partial charge in [0.15, 0.2) is 0 Å². The lowest BCUT2D eigenvalue weighted by atomic mass is 10.1. The van der Waals surface area contributed by atoms with Crippen LogP contribution in [-0.4, -0.2) is 39.0 Å². The normalized spacial score (nSPS) is 16.1. The Balaban J connectivity index is 1.34. The number of carbonyl (C=O) groups is 2. The van der Waals surface area contributed by atoms with Gasteiger partial charge in [0.2, 0.25) is 11.8 Å². The SMILES string of the molecule is Cc1cc(CC(=O)N2CCCC2C(=O)NCc2ccc(-c3cccn3C)cc2)on1. The van der Waals surface area contributed by atoms with E-state index in [2.05, 4.69) is 33.2 Å². The molecule has 2 aromatic heterocycles. The van der Waals surface area contributed by atoms with Crippen molar-refractivity contribution in [3.63, 3.8) is 0 Å². The average molecular weight is 406 g/mol. The van der Waals surface area contributed by atoms with Gasteiger partial charge in [-0.05, 0) is 43.0 Å². The summed E-state index contributed by atoms with van der Waals surface area (Å²) in [6.45, 7) is 2.84. The molecule has 4 rings (SSSR count). The second-order valence-corrected chi connectivity index (χ2v) is 7.78. The predicted molar refractivity (Wildman–Crippen MR) is 112 cm³/mol. The van der Waals surface area contributed by atoms with Crippen LogP contribution in [0.2, 0.25) is 0 Å². The van der Waals surface area contributed by atoms with Gasteiger partial charge in [0, 0.05) is 38.1 Å². The summed E-state index contributed by atoms with van der Waals surface area (Å²) in [6, 6.07) is 13.6. The number of aromatic nitrogens is 2. The molecular formula is C23H26N4O3. The van der Waals surface area contributed by atoms with Crippen molar-refractivity contribution in [2.24, 2.45) is 7.05 Å². The van der Waals surface area contributed by atoms with Gasteiger partial charge in [-0.3, -0.25) is 9.59 Å². The first-order valence-corrected chi connectivity index (χ1v) is 10.2. The molecule has 1 saturated heterocycles. The number of carbonyl (C=O) groups excluding carboxylic acids is 2. The highest BCUT2D eigenvalue weighted by Crippen LogP contribution is 2.21. The molecule has 3 aromatic rings. The van der Waals surface area contributed by atoms with E-state index in [1.807, 2.05) is 38.4 Å². The Hall–Kier alpha value is -3.35. The quantitative estimate of drug-likeness (QED) is 0.683. The molecule has 0 bridgehead atoms. The Morgan fingerprint density at radius 1 is 1.23 bits per heavy atom. The maximum Gasteiger partial charge on any atom is 0.243 e. The van der Waals surface area contributed by atoms with Crippen LogP contribution in [-0.2, 0) is 29.6 Å². The number of benzene rings is 1. The van der Waals surface area contributed by atoms with Crippen LogP contribution in [0.5, 0.6) is 0 Å². The summed E-state index contributed by atoms with van der Waals surface area (Å²) in [5.41, 5.74) is 4.04. The van der Waals surface area contributed by atoms with Crippen LogP contribution >= 0.6 is 0 Å². The van der Waals surface area contributed by atoms with Crippen molar-refractivity contribution >= 4 is 11.8 Å². The van der Waals surface area contributed by atoms with Crippen molar-refractivity contribution in [1.82, 2.24) is 19.9 Å². The summed E-state index contributed by atoms with van der Waals surface area (Å²) in [5.74, 6) is 0.318. The predicted octanol–water partition coefficient (Wildman–Crippen LogP) is 2.84. The molecule has 1 atom stereocenters. The van der Waals surface area contributed by atoms with Crippen molar-refractivity contribution in [2.45, 2.75) is 38.8 Å². The lowest BCUT2D eigenvalue weighted by Gasteiger charge is -2.23. The molecule has 7 nitrogen and oxygen atoms in total.